The van der Waals surface area contributed by atoms with Crippen molar-refractivity contribution in [3.05, 3.63) is 70.5 Å². The van der Waals surface area contributed by atoms with E-state index in [2.05, 4.69) is 15.1 Å². The third-order valence-corrected chi connectivity index (χ3v) is 7.54. The van der Waals surface area contributed by atoms with Gasteiger partial charge in [-0.05, 0) is 61.6 Å². The van der Waals surface area contributed by atoms with Crippen molar-refractivity contribution >= 4 is 24.0 Å². The second-order valence-electron chi connectivity index (χ2n) is 9.30. The molecule has 0 unspecified atom stereocenters. The first-order chi connectivity index (χ1) is 15.8. The summed E-state index contributed by atoms with van der Waals surface area (Å²) in [5, 5.41) is 9.35. The first-order valence-corrected chi connectivity index (χ1v) is 11.7. The van der Waals surface area contributed by atoms with Gasteiger partial charge in [0.05, 0.1) is 10.6 Å². The Labute approximate surface area is 208 Å². The molecule has 5 rings (SSSR count). The number of rotatable bonds is 7. The maximum Gasteiger partial charge on any atom is 0.416 e. The van der Waals surface area contributed by atoms with E-state index in [1.54, 1.807) is 12.1 Å². The second-order valence-corrected chi connectivity index (χ2v) is 9.71. The lowest BCUT2D eigenvalue weighted by Crippen LogP contribution is -2.27. The molecule has 1 saturated carbocycles. The number of alkyl halides is 3. The Balaban J connectivity index is 0.00000274. The molecule has 0 spiro atoms. The number of hydrogen-bond acceptors (Lipinski definition) is 3. The molecule has 2 aliphatic rings. The van der Waals surface area contributed by atoms with Crippen LogP contribution in [-0.2, 0) is 25.1 Å². The standard InChI is InChI=1S/C25H26ClF3N4.ClH/c1-32-22(30-31-23(32)20-6-2-3-7-21(20)26)8-4-5-13-33-15-19-14-24(19,16-33)17-9-11-18(12-10-17)25(27,28)29;/h2-3,6-7,9-12,19H,4-5,8,13-16H2,1H3;1H/t19-,24+;/m0./s1. The summed E-state index contributed by atoms with van der Waals surface area (Å²) >= 11 is 6.30. The molecule has 9 heteroatoms. The van der Waals surface area contributed by atoms with E-state index in [-0.39, 0.29) is 17.8 Å². The van der Waals surface area contributed by atoms with Crippen molar-refractivity contribution in [1.82, 2.24) is 19.7 Å². The summed E-state index contributed by atoms with van der Waals surface area (Å²) in [4.78, 5) is 2.46. The molecule has 3 aromatic rings. The average molecular weight is 511 g/mol. The highest BCUT2D eigenvalue weighted by Crippen LogP contribution is 2.59. The van der Waals surface area contributed by atoms with Gasteiger partial charge in [0.15, 0.2) is 5.82 Å². The van der Waals surface area contributed by atoms with Gasteiger partial charge in [0.25, 0.3) is 0 Å². The van der Waals surface area contributed by atoms with Gasteiger partial charge in [-0.1, -0.05) is 35.9 Å². The minimum Gasteiger partial charge on any atom is -0.314 e. The zero-order chi connectivity index (χ0) is 23.2. The second kappa shape index (κ2) is 9.51. The number of likely N-dealkylation sites (tertiary alicyclic amines) is 1. The molecule has 1 aromatic heterocycles. The number of aryl methyl sites for hydroxylation is 1. The molecule has 1 saturated heterocycles. The summed E-state index contributed by atoms with van der Waals surface area (Å²) in [6.07, 6.45) is -0.307. The predicted molar refractivity (Wildman–Crippen MR) is 129 cm³/mol. The molecule has 2 fully saturated rings. The van der Waals surface area contributed by atoms with Crippen molar-refractivity contribution in [3.8, 4) is 11.4 Å². The van der Waals surface area contributed by atoms with E-state index in [1.165, 1.54) is 12.1 Å². The van der Waals surface area contributed by atoms with Gasteiger partial charge >= 0.3 is 6.18 Å². The molecule has 0 bridgehead atoms. The maximum atomic E-state index is 12.9. The quantitative estimate of drug-likeness (QED) is 0.356. The normalized spacial score (nSPS) is 21.9. The topological polar surface area (TPSA) is 34.0 Å². The molecule has 2 atom stereocenters. The number of aromatic nitrogens is 3. The number of unbranched alkanes of at least 4 members (excludes halogenated alkanes) is 1. The van der Waals surface area contributed by atoms with Gasteiger partial charge in [-0.2, -0.15) is 13.2 Å². The van der Waals surface area contributed by atoms with Crippen LogP contribution >= 0.6 is 24.0 Å². The molecule has 1 aliphatic heterocycles. The number of nitrogens with zero attached hydrogens (tertiary/aromatic N) is 4. The summed E-state index contributed by atoms with van der Waals surface area (Å²) in [6.45, 7) is 2.96. The van der Waals surface area contributed by atoms with Gasteiger partial charge in [-0.3, -0.25) is 0 Å². The fraction of sp³-hybridized carbons (Fsp3) is 0.440. The largest absolute Gasteiger partial charge is 0.416 e. The van der Waals surface area contributed by atoms with Crippen LogP contribution in [0.5, 0.6) is 0 Å². The minimum absolute atomic E-state index is 0. The van der Waals surface area contributed by atoms with Crippen LogP contribution in [-0.4, -0.2) is 39.3 Å². The lowest BCUT2D eigenvalue weighted by molar-refractivity contribution is -0.137. The van der Waals surface area contributed by atoms with Gasteiger partial charge in [-0.25, -0.2) is 0 Å². The zero-order valence-corrected chi connectivity index (χ0v) is 20.4. The van der Waals surface area contributed by atoms with Crippen LogP contribution in [0, 0.1) is 5.92 Å². The average Bonchev–Trinajstić information content (AvgIpc) is 3.17. The number of fused-ring (bicyclic) bond motifs is 1. The van der Waals surface area contributed by atoms with Crippen LogP contribution in [0.4, 0.5) is 13.2 Å². The van der Waals surface area contributed by atoms with E-state index in [0.717, 1.165) is 68.1 Å². The lowest BCUT2D eigenvalue weighted by Gasteiger charge is -2.21. The minimum atomic E-state index is -4.28. The van der Waals surface area contributed by atoms with Gasteiger partial charge < -0.3 is 9.47 Å². The Hall–Kier alpha value is -2.09. The van der Waals surface area contributed by atoms with Crippen LogP contribution in [0.2, 0.25) is 5.02 Å². The fourth-order valence-corrected chi connectivity index (χ4v) is 5.49. The highest BCUT2D eigenvalue weighted by atomic mass is 35.5. The number of piperidine rings is 1. The molecule has 34 heavy (non-hydrogen) atoms. The molecular weight excluding hydrogens is 484 g/mol. The molecule has 182 valence electrons. The Kier molecular flexibility index (Phi) is 7.00. The molecule has 4 nitrogen and oxygen atoms in total. The molecule has 1 aliphatic carbocycles. The summed E-state index contributed by atoms with van der Waals surface area (Å²) in [6, 6.07) is 13.4. The predicted octanol–water partition coefficient (Wildman–Crippen LogP) is 6.17. The first-order valence-electron chi connectivity index (χ1n) is 11.3. The molecular formula is C25H27Cl2F3N4. The van der Waals surface area contributed by atoms with E-state index in [1.807, 2.05) is 35.9 Å². The van der Waals surface area contributed by atoms with Crippen LogP contribution < -0.4 is 0 Å². The molecule has 0 radical (unpaired) electrons. The Morgan fingerprint density at radius 3 is 2.50 bits per heavy atom. The summed E-state index contributed by atoms with van der Waals surface area (Å²) in [7, 11) is 1.97. The number of halogens is 5. The smallest absolute Gasteiger partial charge is 0.314 e. The SMILES string of the molecule is Cl.Cn1c(CCCCN2C[C@@H]3C[C@]3(c3ccc(C(F)(F)F)cc3)C2)nnc1-c1ccccc1Cl. The molecule has 2 heterocycles. The first kappa shape index (κ1) is 25.0. The fourth-order valence-electron chi connectivity index (χ4n) is 5.27. The summed E-state index contributed by atoms with van der Waals surface area (Å²) in [5.74, 6) is 2.27. The van der Waals surface area contributed by atoms with Crippen molar-refractivity contribution in [2.45, 2.75) is 37.3 Å². The zero-order valence-electron chi connectivity index (χ0n) is 18.9. The van der Waals surface area contributed by atoms with Crippen molar-refractivity contribution in [1.29, 1.82) is 0 Å². The van der Waals surface area contributed by atoms with Crippen molar-refractivity contribution < 1.29 is 13.2 Å². The van der Waals surface area contributed by atoms with Crippen LogP contribution in [0.1, 0.15) is 36.2 Å². The van der Waals surface area contributed by atoms with Crippen molar-refractivity contribution in [2.75, 3.05) is 19.6 Å². The Morgan fingerprint density at radius 2 is 1.79 bits per heavy atom. The van der Waals surface area contributed by atoms with E-state index in [4.69, 9.17) is 11.6 Å². The lowest BCUT2D eigenvalue weighted by atomic mass is 9.94. The van der Waals surface area contributed by atoms with Gasteiger partial charge in [0, 0.05) is 37.5 Å². The highest BCUT2D eigenvalue weighted by molar-refractivity contribution is 6.33. The third-order valence-electron chi connectivity index (χ3n) is 7.21. The third kappa shape index (κ3) is 4.70. The number of hydrogen-bond donors (Lipinski definition) is 0. The van der Waals surface area contributed by atoms with Crippen LogP contribution in [0.15, 0.2) is 48.5 Å². The Morgan fingerprint density at radius 1 is 1.06 bits per heavy atom. The molecule has 2 aromatic carbocycles. The van der Waals surface area contributed by atoms with E-state index >= 15 is 0 Å². The highest BCUT2D eigenvalue weighted by Gasteiger charge is 2.60. The van der Waals surface area contributed by atoms with Crippen LogP contribution in [0.25, 0.3) is 11.4 Å². The van der Waals surface area contributed by atoms with E-state index in [0.29, 0.717) is 10.9 Å². The summed E-state index contributed by atoms with van der Waals surface area (Å²) in [5.41, 5.74) is 1.41. The molecule has 0 N–H and O–H groups in total. The van der Waals surface area contributed by atoms with Crippen molar-refractivity contribution in [3.63, 3.8) is 0 Å². The van der Waals surface area contributed by atoms with E-state index < -0.39 is 11.7 Å². The summed E-state index contributed by atoms with van der Waals surface area (Å²) < 4.78 is 40.6. The van der Waals surface area contributed by atoms with E-state index in [9.17, 15) is 13.2 Å². The van der Waals surface area contributed by atoms with Crippen LogP contribution in [0.3, 0.4) is 0 Å². The van der Waals surface area contributed by atoms with Gasteiger partial charge in [0.1, 0.15) is 5.82 Å². The number of benzene rings is 2. The van der Waals surface area contributed by atoms with Gasteiger partial charge in [-0.15, -0.1) is 22.6 Å². The molecule has 0 amide bonds. The maximum absolute atomic E-state index is 12.9. The van der Waals surface area contributed by atoms with Gasteiger partial charge in [0.2, 0.25) is 0 Å². The van der Waals surface area contributed by atoms with Crippen molar-refractivity contribution in [2.24, 2.45) is 13.0 Å². The monoisotopic (exact) mass is 510 g/mol. The Bertz CT molecular complexity index is 1150.